The van der Waals surface area contributed by atoms with Crippen LogP contribution in [0.2, 0.25) is 10.0 Å². The molecule has 3 aliphatic heterocycles. The Bertz CT molecular complexity index is 1790. The second-order valence-electron chi connectivity index (χ2n) is 11.3. The quantitative estimate of drug-likeness (QED) is 0.185. The van der Waals surface area contributed by atoms with Crippen LogP contribution in [0.15, 0.2) is 73.0 Å². The van der Waals surface area contributed by atoms with Crippen LogP contribution in [-0.4, -0.2) is 58.3 Å². The van der Waals surface area contributed by atoms with Crippen LogP contribution in [0.3, 0.4) is 0 Å². The number of hydrogen-bond acceptors (Lipinski definition) is 10. The highest BCUT2D eigenvalue weighted by atomic mass is 35.5. The molecule has 2 fully saturated rings. The molecule has 3 aliphatic rings. The summed E-state index contributed by atoms with van der Waals surface area (Å²) in [4.78, 5) is 11.4. The maximum Gasteiger partial charge on any atom is 0.141 e. The van der Waals surface area contributed by atoms with Gasteiger partial charge in [0.1, 0.15) is 11.9 Å². The fourth-order valence-electron chi connectivity index (χ4n) is 5.98. The molecule has 0 bridgehead atoms. The summed E-state index contributed by atoms with van der Waals surface area (Å²) < 4.78 is 19.2. The van der Waals surface area contributed by atoms with Crippen molar-refractivity contribution in [2.24, 2.45) is 0 Å². The average Bonchev–Trinajstić information content (AvgIpc) is 3.52. The average molecular weight is 647 g/mol. The number of nitrogens with zero attached hydrogens (tertiary/aromatic N) is 5. The Kier molecular flexibility index (Phi) is 8.31. The summed E-state index contributed by atoms with van der Waals surface area (Å²) in [5, 5.41) is 19.9. The van der Waals surface area contributed by atoms with Crippen LogP contribution in [0.5, 0.6) is 0 Å². The Morgan fingerprint density at radius 1 is 1.04 bits per heavy atom. The number of ether oxygens (including phenoxy) is 1. The molecule has 45 heavy (non-hydrogen) atoms. The predicted octanol–water partition coefficient (Wildman–Crippen LogP) is 5.87. The molecular weight excluding hydrogens is 616 g/mol. The normalized spacial score (nSPS) is 18.2. The maximum absolute atomic E-state index is 13.8. The first-order chi connectivity index (χ1) is 22.0. The third kappa shape index (κ3) is 6.08. The number of fused-ring (bicyclic) bond motifs is 1. The van der Waals surface area contributed by atoms with Crippen molar-refractivity contribution in [2.45, 2.75) is 31.0 Å². The van der Waals surface area contributed by atoms with E-state index in [4.69, 9.17) is 27.9 Å². The van der Waals surface area contributed by atoms with Gasteiger partial charge < -0.3 is 20.8 Å². The van der Waals surface area contributed by atoms with E-state index in [1.165, 1.54) is 18.3 Å². The topological polar surface area (TPSA) is 113 Å². The van der Waals surface area contributed by atoms with E-state index in [-0.39, 0.29) is 11.1 Å². The number of hydrazine groups is 2. The number of pyridine rings is 2. The van der Waals surface area contributed by atoms with Gasteiger partial charge >= 0.3 is 0 Å². The van der Waals surface area contributed by atoms with Gasteiger partial charge in [-0.15, -0.1) is 5.53 Å². The summed E-state index contributed by atoms with van der Waals surface area (Å²) in [6, 6.07) is 14.7. The van der Waals surface area contributed by atoms with Crippen LogP contribution in [0.4, 0.5) is 21.5 Å². The smallest absolute Gasteiger partial charge is 0.141 e. The highest BCUT2D eigenvalue weighted by Crippen LogP contribution is 2.37. The molecule has 4 N–H and O–H groups in total. The van der Waals surface area contributed by atoms with Gasteiger partial charge in [0, 0.05) is 60.7 Å². The second kappa shape index (κ2) is 12.7. The van der Waals surface area contributed by atoms with E-state index in [1.54, 1.807) is 12.3 Å². The van der Waals surface area contributed by atoms with Gasteiger partial charge in [-0.1, -0.05) is 29.3 Å². The first-order valence-corrected chi connectivity index (χ1v) is 15.5. The number of aromatic nitrogens is 2. The van der Waals surface area contributed by atoms with Crippen LogP contribution in [0.1, 0.15) is 30.0 Å². The number of hydrogen-bond donors (Lipinski definition) is 4. The van der Waals surface area contributed by atoms with Crippen molar-refractivity contribution in [1.82, 2.24) is 30.8 Å². The van der Waals surface area contributed by atoms with Crippen molar-refractivity contribution in [1.29, 1.82) is 5.26 Å². The van der Waals surface area contributed by atoms with Crippen molar-refractivity contribution in [3.8, 4) is 6.07 Å². The minimum atomic E-state index is -0.532. The molecule has 0 aliphatic carbocycles. The van der Waals surface area contributed by atoms with Crippen LogP contribution in [0, 0.1) is 17.1 Å². The summed E-state index contributed by atoms with van der Waals surface area (Å²) in [6.07, 6.45) is 9.23. The fraction of sp³-hybridized carbons (Fsp3) is 0.281. The zero-order chi connectivity index (χ0) is 30.9. The lowest BCUT2D eigenvalue weighted by Gasteiger charge is -2.42. The largest absolute Gasteiger partial charge is 0.378 e. The maximum atomic E-state index is 13.8. The summed E-state index contributed by atoms with van der Waals surface area (Å²) in [6.45, 7) is 3.75. The number of anilines is 3. The molecular formula is C32H30Cl2FN9O. The van der Waals surface area contributed by atoms with E-state index in [2.05, 4.69) is 53.7 Å². The Balaban J connectivity index is 1.19. The van der Waals surface area contributed by atoms with Gasteiger partial charge in [0.25, 0.3) is 0 Å². The molecule has 0 spiro atoms. The molecule has 4 aromatic rings. The molecule has 0 radical (unpaired) electrons. The third-order valence-corrected chi connectivity index (χ3v) is 9.09. The lowest BCUT2D eigenvalue weighted by atomic mass is 10.0. The molecule has 5 heterocycles. The van der Waals surface area contributed by atoms with E-state index in [0.29, 0.717) is 50.6 Å². The van der Waals surface area contributed by atoms with Gasteiger partial charge in [-0.25, -0.2) is 4.39 Å². The van der Waals surface area contributed by atoms with Gasteiger partial charge in [-0.05, 0) is 54.8 Å². The Hall–Kier alpha value is -4.18. The minimum absolute atomic E-state index is 0.0323. The van der Waals surface area contributed by atoms with Gasteiger partial charge in [0.05, 0.1) is 57.8 Å². The molecule has 230 valence electrons. The van der Waals surface area contributed by atoms with Crippen LogP contribution < -0.4 is 21.6 Å². The number of likely N-dealkylation sites (tertiary alicyclic amines) is 1. The molecule has 7 rings (SSSR count). The van der Waals surface area contributed by atoms with E-state index in [1.807, 2.05) is 30.5 Å². The molecule has 1 atom stereocenters. The molecule has 2 aromatic heterocycles. The molecule has 0 unspecified atom stereocenters. The highest BCUT2D eigenvalue weighted by molar-refractivity contribution is 6.36. The monoisotopic (exact) mass is 645 g/mol. The van der Waals surface area contributed by atoms with E-state index < -0.39 is 5.82 Å². The van der Waals surface area contributed by atoms with Crippen LogP contribution >= 0.6 is 23.2 Å². The minimum Gasteiger partial charge on any atom is -0.378 e. The van der Waals surface area contributed by atoms with Crippen molar-refractivity contribution in [3.05, 3.63) is 99.9 Å². The van der Waals surface area contributed by atoms with Gasteiger partial charge in [0.15, 0.2) is 0 Å². The van der Waals surface area contributed by atoms with Gasteiger partial charge in [-0.2, -0.15) is 5.26 Å². The number of piperidine rings is 1. The number of nitriles is 1. The number of benzene rings is 2. The predicted molar refractivity (Wildman–Crippen MR) is 172 cm³/mol. The van der Waals surface area contributed by atoms with Crippen LogP contribution in [-0.2, 0) is 4.74 Å². The summed E-state index contributed by atoms with van der Waals surface area (Å²) in [5.41, 5.74) is 11.1. The van der Waals surface area contributed by atoms with E-state index in [0.717, 1.165) is 50.4 Å². The molecule has 0 saturated carbocycles. The van der Waals surface area contributed by atoms with Gasteiger partial charge in [-0.3, -0.25) is 19.9 Å². The van der Waals surface area contributed by atoms with Crippen molar-refractivity contribution in [2.75, 3.05) is 36.9 Å². The first kappa shape index (κ1) is 29.5. The Morgan fingerprint density at radius 2 is 1.87 bits per heavy atom. The van der Waals surface area contributed by atoms with Crippen molar-refractivity contribution >= 4 is 51.2 Å². The fourth-order valence-corrected chi connectivity index (χ4v) is 6.43. The summed E-state index contributed by atoms with van der Waals surface area (Å²) >= 11 is 12.8. The number of nitrogens with one attached hydrogen (secondary N) is 4. The SMILES string of the molecule is N#Cc1cnc2c(Cl)cc(N[C@H](C3=CN(C4CCN(C5COC5)CC4)NN3)c3cccnc3)cc2c1Nc1ccc(F)c(Cl)c1. The lowest BCUT2D eigenvalue weighted by molar-refractivity contribution is -0.0760. The standard InChI is InChI=1S/C32H30Cl2FN9O/c33-26-11-21(3-4-28(26)35)39-30-20(13-36)15-38-32-25(30)10-22(12-27(32)34)40-31(19-2-1-7-37-14-19)29-16-44(42-41-29)23-5-8-43(9-6-23)24-17-45-18-24/h1-4,7,10-12,14-16,23-24,31,40-42H,5-6,8-9,17-18H2,(H,38,39)/t31-/m0/s1. The Labute approximate surface area is 269 Å². The lowest BCUT2D eigenvalue weighted by Crippen LogP contribution is -2.55. The zero-order valence-electron chi connectivity index (χ0n) is 24.1. The molecule has 2 aromatic carbocycles. The van der Waals surface area contributed by atoms with E-state index in [9.17, 15) is 9.65 Å². The highest BCUT2D eigenvalue weighted by Gasteiger charge is 2.33. The first-order valence-electron chi connectivity index (χ1n) is 14.7. The molecule has 0 amide bonds. The summed E-state index contributed by atoms with van der Waals surface area (Å²) in [7, 11) is 0. The number of rotatable bonds is 8. The molecule has 2 saturated heterocycles. The molecule has 10 nitrogen and oxygen atoms in total. The Morgan fingerprint density at radius 3 is 2.58 bits per heavy atom. The summed E-state index contributed by atoms with van der Waals surface area (Å²) in [5.74, 6) is -0.532. The van der Waals surface area contributed by atoms with Gasteiger partial charge in [0.2, 0.25) is 0 Å². The van der Waals surface area contributed by atoms with E-state index >= 15 is 0 Å². The molecule has 13 heteroatoms. The van der Waals surface area contributed by atoms with Crippen molar-refractivity contribution < 1.29 is 9.13 Å². The van der Waals surface area contributed by atoms with Crippen molar-refractivity contribution in [3.63, 3.8) is 0 Å². The second-order valence-corrected chi connectivity index (χ2v) is 12.1. The zero-order valence-corrected chi connectivity index (χ0v) is 25.6. The third-order valence-electron chi connectivity index (χ3n) is 8.51. The number of halogens is 3. The van der Waals surface area contributed by atoms with Crippen LogP contribution in [0.25, 0.3) is 10.9 Å².